The number of rotatable bonds is 12. The molecule has 3 heteroatoms. The topological polar surface area (TPSA) is 38.4 Å². The van der Waals surface area contributed by atoms with Crippen LogP contribution in [0.3, 0.4) is 0 Å². The molecule has 0 aromatic carbocycles. The third-order valence-electron chi connectivity index (χ3n) is 3.07. The number of amidine groups is 1. The van der Waals surface area contributed by atoms with E-state index in [-0.39, 0.29) is 0 Å². The van der Waals surface area contributed by atoms with Crippen molar-refractivity contribution < 1.29 is 0 Å². The molecule has 0 radical (unpaired) electrons. The molecule has 0 aliphatic heterocycles. The summed E-state index contributed by atoms with van der Waals surface area (Å²) in [4.78, 5) is 4.34. The van der Waals surface area contributed by atoms with Crippen molar-refractivity contribution in [1.82, 2.24) is 0 Å². The van der Waals surface area contributed by atoms with Crippen molar-refractivity contribution in [2.24, 2.45) is 10.7 Å². The Kier molecular flexibility index (Phi) is 14.7. The van der Waals surface area contributed by atoms with Crippen LogP contribution >= 0.6 is 11.8 Å². The van der Waals surface area contributed by atoms with Gasteiger partial charge in [0.1, 0.15) is 0 Å². The zero-order chi connectivity index (χ0) is 13.5. The zero-order valence-electron chi connectivity index (χ0n) is 12.4. The lowest BCUT2D eigenvalue weighted by Crippen LogP contribution is -2.07. The summed E-state index contributed by atoms with van der Waals surface area (Å²) in [6, 6.07) is 0. The number of aliphatic imine (C=N–C) groups is 1. The van der Waals surface area contributed by atoms with E-state index in [0.29, 0.717) is 0 Å². The molecule has 0 saturated heterocycles. The van der Waals surface area contributed by atoms with Gasteiger partial charge in [-0.1, -0.05) is 83.4 Å². The van der Waals surface area contributed by atoms with Gasteiger partial charge in [0, 0.05) is 6.54 Å². The minimum absolute atomic E-state index is 0.758. The minimum atomic E-state index is 0.758. The van der Waals surface area contributed by atoms with E-state index in [1.54, 1.807) is 11.8 Å². The summed E-state index contributed by atoms with van der Waals surface area (Å²) in [7, 11) is 0. The smallest absolute Gasteiger partial charge is 0.153 e. The van der Waals surface area contributed by atoms with Crippen LogP contribution < -0.4 is 5.73 Å². The Bertz CT molecular complexity index is 193. The van der Waals surface area contributed by atoms with Crippen LogP contribution in [0, 0.1) is 0 Å². The number of thioether (sulfide) groups is 1. The van der Waals surface area contributed by atoms with Gasteiger partial charge in [0.15, 0.2) is 5.17 Å². The van der Waals surface area contributed by atoms with Gasteiger partial charge in [-0.15, -0.1) is 0 Å². The van der Waals surface area contributed by atoms with Crippen LogP contribution in [-0.2, 0) is 0 Å². The summed E-state index contributed by atoms with van der Waals surface area (Å²) in [5, 5.41) is 0.758. The third kappa shape index (κ3) is 13.9. The Hall–Kier alpha value is -0.180. The van der Waals surface area contributed by atoms with Crippen LogP contribution in [0.4, 0.5) is 0 Å². The van der Waals surface area contributed by atoms with Gasteiger partial charge in [-0.2, -0.15) is 0 Å². The van der Waals surface area contributed by atoms with E-state index in [4.69, 9.17) is 5.73 Å². The summed E-state index contributed by atoms with van der Waals surface area (Å²) in [6.45, 7) is 5.29. The van der Waals surface area contributed by atoms with Gasteiger partial charge >= 0.3 is 0 Å². The molecule has 0 aromatic rings. The van der Waals surface area contributed by atoms with Crippen LogP contribution in [-0.4, -0.2) is 17.5 Å². The molecule has 2 N–H and O–H groups in total. The molecule has 0 unspecified atom stereocenters. The Balaban J connectivity index is 3.09. The normalized spacial score (nSPS) is 12.0. The fourth-order valence-electron chi connectivity index (χ4n) is 1.98. The molecule has 0 amide bonds. The monoisotopic (exact) mass is 272 g/mol. The molecule has 2 nitrogen and oxygen atoms in total. The molecule has 0 aliphatic carbocycles. The second kappa shape index (κ2) is 14.9. The third-order valence-corrected chi connectivity index (χ3v) is 3.79. The van der Waals surface area contributed by atoms with E-state index in [2.05, 4.69) is 18.8 Å². The maximum absolute atomic E-state index is 5.72. The van der Waals surface area contributed by atoms with Crippen LogP contribution in [0.2, 0.25) is 0 Å². The second-order valence-corrected chi connectivity index (χ2v) is 6.12. The first kappa shape index (κ1) is 17.8. The van der Waals surface area contributed by atoms with Crippen molar-refractivity contribution in [1.29, 1.82) is 0 Å². The maximum atomic E-state index is 5.72. The average Bonchev–Trinajstić information content (AvgIpc) is 2.36. The van der Waals surface area contributed by atoms with Crippen molar-refractivity contribution in [3.05, 3.63) is 0 Å². The molecule has 0 spiro atoms. The van der Waals surface area contributed by atoms with Gasteiger partial charge in [0.25, 0.3) is 0 Å². The highest BCUT2D eigenvalue weighted by molar-refractivity contribution is 8.13. The standard InChI is InChI=1S/C15H32N2S/c1-3-5-6-7-8-9-10-11-12-13-14-17-15(16)18-4-2/h3-14H2,1-2H3,(H2,16,17). The van der Waals surface area contributed by atoms with Crippen LogP contribution in [0.25, 0.3) is 0 Å². The summed E-state index contributed by atoms with van der Waals surface area (Å²) >= 11 is 1.64. The fraction of sp³-hybridized carbons (Fsp3) is 0.933. The molecule has 0 aromatic heterocycles. The van der Waals surface area contributed by atoms with E-state index < -0.39 is 0 Å². The number of hydrogen-bond donors (Lipinski definition) is 1. The first-order chi connectivity index (χ1) is 8.81. The van der Waals surface area contributed by atoms with Gasteiger partial charge in [-0.3, -0.25) is 4.99 Å². The molecule has 108 valence electrons. The molecule has 0 atom stereocenters. The predicted molar refractivity (Wildman–Crippen MR) is 86.5 cm³/mol. The largest absolute Gasteiger partial charge is 0.379 e. The van der Waals surface area contributed by atoms with Crippen LogP contribution in [0.15, 0.2) is 4.99 Å². The molecule has 0 bridgehead atoms. The highest BCUT2D eigenvalue weighted by Gasteiger charge is 1.93. The molecule has 0 heterocycles. The number of nitrogens with two attached hydrogens (primary N) is 1. The highest BCUT2D eigenvalue weighted by atomic mass is 32.2. The van der Waals surface area contributed by atoms with E-state index in [0.717, 1.165) is 17.5 Å². The fourth-order valence-corrected chi connectivity index (χ4v) is 2.46. The van der Waals surface area contributed by atoms with Crippen molar-refractivity contribution in [3.8, 4) is 0 Å². The molecule has 0 saturated carbocycles. The number of unbranched alkanes of at least 4 members (excludes halogenated alkanes) is 9. The van der Waals surface area contributed by atoms with Crippen LogP contribution in [0.5, 0.6) is 0 Å². The molecule has 18 heavy (non-hydrogen) atoms. The Morgan fingerprint density at radius 2 is 1.33 bits per heavy atom. The Morgan fingerprint density at radius 1 is 0.833 bits per heavy atom. The van der Waals surface area contributed by atoms with E-state index >= 15 is 0 Å². The molecule has 0 fully saturated rings. The van der Waals surface area contributed by atoms with Crippen molar-refractivity contribution in [2.75, 3.05) is 12.3 Å². The minimum Gasteiger partial charge on any atom is -0.379 e. The molecular weight excluding hydrogens is 240 g/mol. The second-order valence-electron chi connectivity index (χ2n) is 4.83. The molecule has 0 aliphatic rings. The summed E-state index contributed by atoms with van der Waals surface area (Å²) in [5.41, 5.74) is 5.72. The van der Waals surface area contributed by atoms with Gasteiger partial charge in [0.2, 0.25) is 0 Å². The Morgan fingerprint density at radius 3 is 1.83 bits per heavy atom. The first-order valence-corrected chi connectivity index (χ1v) is 8.72. The zero-order valence-corrected chi connectivity index (χ0v) is 13.2. The van der Waals surface area contributed by atoms with Gasteiger partial charge in [0.05, 0.1) is 0 Å². The van der Waals surface area contributed by atoms with Gasteiger partial charge in [-0.25, -0.2) is 0 Å². The SMILES string of the molecule is CCCCCCCCCCCCN=C(N)SCC. The van der Waals surface area contributed by atoms with E-state index in [1.807, 2.05) is 0 Å². The summed E-state index contributed by atoms with van der Waals surface area (Å²) in [5.74, 6) is 1.02. The number of nitrogens with zero attached hydrogens (tertiary/aromatic N) is 1. The van der Waals surface area contributed by atoms with E-state index in [1.165, 1.54) is 64.2 Å². The number of hydrogen-bond acceptors (Lipinski definition) is 2. The lowest BCUT2D eigenvalue weighted by Gasteiger charge is -2.01. The van der Waals surface area contributed by atoms with E-state index in [9.17, 15) is 0 Å². The van der Waals surface area contributed by atoms with Gasteiger partial charge in [-0.05, 0) is 12.2 Å². The first-order valence-electron chi connectivity index (χ1n) is 7.74. The van der Waals surface area contributed by atoms with Crippen molar-refractivity contribution in [3.63, 3.8) is 0 Å². The molecular formula is C15H32N2S. The maximum Gasteiger partial charge on any atom is 0.153 e. The van der Waals surface area contributed by atoms with Crippen molar-refractivity contribution in [2.45, 2.75) is 78.1 Å². The predicted octanol–water partition coefficient (Wildman–Crippen LogP) is 4.98. The Labute approximate surface area is 118 Å². The summed E-state index contributed by atoms with van der Waals surface area (Å²) in [6.07, 6.45) is 13.7. The van der Waals surface area contributed by atoms with Gasteiger partial charge < -0.3 is 5.73 Å². The van der Waals surface area contributed by atoms with Crippen molar-refractivity contribution >= 4 is 16.9 Å². The quantitative estimate of drug-likeness (QED) is 0.309. The lowest BCUT2D eigenvalue weighted by molar-refractivity contribution is 0.558. The van der Waals surface area contributed by atoms with Crippen LogP contribution in [0.1, 0.15) is 78.1 Å². The lowest BCUT2D eigenvalue weighted by atomic mass is 10.1. The highest BCUT2D eigenvalue weighted by Crippen LogP contribution is 2.10. The average molecular weight is 273 g/mol. The molecule has 0 rings (SSSR count). The summed E-state index contributed by atoms with van der Waals surface area (Å²) < 4.78 is 0.